The number of carbonyl (C=O) groups excluding carboxylic acids is 1. The monoisotopic (exact) mass is 417 g/mol. The molecule has 28 heavy (non-hydrogen) atoms. The molecule has 0 unspecified atom stereocenters. The summed E-state index contributed by atoms with van der Waals surface area (Å²) in [6.45, 7) is 0.195. The summed E-state index contributed by atoms with van der Waals surface area (Å²) >= 11 is 7.54. The van der Waals surface area contributed by atoms with Crippen molar-refractivity contribution < 1.29 is 18.7 Å². The fourth-order valence-electron chi connectivity index (χ4n) is 2.56. The molecule has 0 aliphatic carbocycles. The van der Waals surface area contributed by atoms with Gasteiger partial charge in [0.1, 0.15) is 0 Å². The first-order valence-electron chi connectivity index (χ1n) is 8.59. The standard InChI is InChI=1S/C19H16ClN3O4S/c20-13-4-6-14(7-5-13)28-9-1-2-17(24)21-19-23-22-18(27-19)12-3-8-15-16(10-12)26-11-25-15/h3-8,10H,1-2,9,11H2,(H,21,23,24). The first-order valence-corrected chi connectivity index (χ1v) is 9.95. The molecule has 0 spiro atoms. The SMILES string of the molecule is O=C(CCCSc1ccc(Cl)cc1)Nc1nnc(-c2ccc3c(c2)OCO3)o1. The van der Waals surface area contributed by atoms with Crippen molar-refractivity contribution in [1.29, 1.82) is 0 Å². The number of carbonyl (C=O) groups is 1. The van der Waals surface area contributed by atoms with Crippen LogP contribution in [0.25, 0.3) is 11.5 Å². The molecule has 0 bridgehead atoms. The summed E-state index contributed by atoms with van der Waals surface area (Å²) < 4.78 is 16.1. The van der Waals surface area contributed by atoms with Crippen LogP contribution in [0.15, 0.2) is 51.8 Å². The highest BCUT2D eigenvalue weighted by atomic mass is 35.5. The number of amides is 1. The Bertz CT molecular complexity index is 978. The van der Waals surface area contributed by atoms with E-state index in [0.29, 0.717) is 34.4 Å². The van der Waals surface area contributed by atoms with Crippen molar-refractivity contribution in [3.8, 4) is 23.0 Å². The number of fused-ring (bicyclic) bond motifs is 1. The maximum absolute atomic E-state index is 12.1. The highest BCUT2D eigenvalue weighted by molar-refractivity contribution is 7.99. The van der Waals surface area contributed by atoms with Gasteiger partial charge in [0.15, 0.2) is 11.5 Å². The summed E-state index contributed by atoms with van der Waals surface area (Å²) in [7, 11) is 0. The quantitative estimate of drug-likeness (QED) is 0.443. The van der Waals surface area contributed by atoms with Gasteiger partial charge in [0.05, 0.1) is 0 Å². The first-order chi connectivity index (χ1) is 13.7. The van der Waals surface area contributed by atoms with E-state index in [4.69, 9.17) is 25.5 Å². The van der Waals surface area contributed by atoms with Gasteiger partial charge in [-0.15, -0.1) is 16.9 Å². The lowest BCUT2D eigenvalue weighted by molar-refractivity contribution is -0.116. The normalized spacial score (nSPS) is 12.2. The van der Waals surface area contributed by atoms with Gasteiger partial charge in [-0.25, -0.2) is 0 Å². The predicted molar refractivity (Wildman–Crippen MR) is 106 cm³/mol. The zero-order valence-corrected chi connectivity index (χ0v) is 16.3. The Morgan fingerprint density at radius 3 is 2.79 bits per heavy atom. The maximum Gasteiger partial charge on any atom is 0.322 e. The number of hydrogen-bond donors (Lipinski definition) is 1. The molecule has 1 aliphatic rings. The molecular weight excluding hydrogens is 402 g/mol. The molecule has 2 heterocycles. The number of nitrogens with one attached hydrogen (secondary N) is 1. The zero-order chi connectivity index (χ0) is 19.3. The number of hydrogen-bond acceptors (Lipinski definition) is 7. The summed E-state index contributed by atoms with van der Waals surface area (Å²) in [4.78, 5) is 13.2. The molecule has 1 N–H and O–H groups in total. The van der Waals surface area contributed by atoms with Gasteiger partial charge < -0.3 is 13.9 Å². The molecule has 9 heteroatoms. The Labute approximate surface area is 170 Å². The smallest absolute Gasteiger partial charge is 0.322 e. The third kappa shape index (κ3) is 4.58. The van der Waals surface area contributed by atoms with Crippen molar-refractivity contribution in [3.63, 3.8) is 0 Å². The number of anilines is 1. The maximum atomic E-state index is 12.1. The lowest BCUT2D eigenvalue weighted by Crippen LogP contribution is -2.11. The highest BCUT2D eigenvalue weighted by Gasteiger charge is 2.17. The number of nitrogens with zero attached hydrogens (tertiary/aromatic N) is 2. The van der Waals surface area contributed by atoms with E-state index < -0.39 is 0 Å². The van der Waals surface area contributed by atoms with Crippen LogP contribution < -0.4 is 14.8 Å². The van der Waals surface area contributed by atoms with Gasteiger partial charge >= 0.3 is 6.01 Å². The average Bonchev–Trinajstić information content (AvgIpc) is 3.35. The van der Waals surface area contributed by atoms with Gasteiger partial charge in [-0.3, -0.25) is 10.1 Å². The molecule has 1 amide bonds. The van der Waals surface area contributed by atoms with Gasteiger partial charge in [-0.05, 0) is 54.6 Å². The molecule has 0 saturated heterocycles. The van der Waals surface area contributed by atoms with E-state index in [0.717, 1.165) is 17.1 Å². The van der Waals surface area contributed by atoms with Crippen molar-refractivity contribution in [2.75, 3.05) is 17.9 Å². The molecular formula is C19H16ClN3O4S. The summed E-state index contributed by atoms with van der Waals surface area (Å²) in [5.41, 5.74) is 0.691. The van der Waals surface area contributed by atoms with Crippen molar-refractivity contribution >= 4 is 35.3 Å². The van der Waals surface area contributed by atoms with E-state index >= 15 is 0 Å². The molecule has 1 aliphatic heterocycles. The Morgan fingerprint density at radius 2 is 1.93 bits per heavy atom. The Morgan fingerprint density at radius 1 is 1.11 bits per heavy atom. The third-order valence-electron chi connectivity index (χ3n) is 3.92. The Kier molecular flexibility index (Phi) is 5.68. The van der Waals surface area contributed by atoms with Crippen LogP contribution in [-0.4, -0.2) is 28.7 Å². The second-order valence-corrected chi connectivity index (χ2v) is 7.54. The lowest BCUT2D eigenvalue weighted by atomic mass is 10.2. The highest BCUT2D eigenvalue weighted by Crippen LogP contribution is 2.35. The van der Waals surface area contributed by atoms with Crippen LogP contribution in [0.1, 0.15) is 12.8 Å². The van der Waals surface area contributed by atoms with Gasteiger partial charge in [0, 0.05) is 21.9 Å². The largest absolute Gasteiger partial charge is 0.454 e. The van der Waals surface area contributed by atoms with Crippen LogP contribution in [0.3, 0.4) is 0 Å². The number of thioether (sulfide) groups is 1. The summed E-state index contributed by atoms with van der Waals surface area (Å²) in [5, 5.41) is 11.2. The van der Waals surface area contributed by atoms with Crippen molar-refractivity contribution in [2.45, 2.75) is 17.7 Å². The van der Waals surface area contributed by atoms with Crippen LogP contribution in [0.5, 0.6) is 11.5 Å². The second-order valence-electron chi connectivity index (χ2n) is 5.93. The topological polar surface area (TPSA) is 86.5 Å². The summed E-state index contributed by atoms with van der Waals surface area (Å²) in [5.74, 6) is 2.25. The van der Waals surface area contributed by atoms with Gasteiger partial charge in [0.25, 0.3) is 0 Å². The van der Waals surface area contributed by atoms with Crippen LogP contribution >= 0.6 is 23.4 Å². The number of benzene rings is 2. The lowest BCUT2D eigenvalue weighted by Gasteiger charge is -2.02. The van der Waals surface area contributed by atoms with Crippen LogP contribution in [0, 0.1) is 0 Å². The van der Waals surface area contributed by atoms with E-state index in [-0.39, 0.29) is 18.7 Å². The molecule has 7 nitrogen and oxygen atoms in total. The summed E-state index contributed by atoms with van der Waals surface area (Å²) in [6.07, 6.45) is 1.09. The minimum atomic E-state index is -0.169. The Hall–Kier alpha value is -2.71. The molecule has 0 fully saturated rings. The van der Waals surface area contributed by atoms with E-state index in [1.54, 1.807) is 30.0 Å². The average molecular weight is 418 g/mol. The van der Waals surface area contributed by atoms with E-state index in [1.165, 1.54) is 0 Å². The van der Waals surface area contributed by atoms with E-state index in [2.05, 4.69) is 15.5 Å². The van der Waals surface area contributed by atoms with E-state index in [1.807, 2.05) is 24.3 Å². The second kappa shape index (κ2) is 8.53. The predicted octanol–water partition coefficient (Wildman–Crippen LogP) is 4.63. The molecule has 0 radical (unpaired) electrons. The van der Waals surface area contributed by atoms with Crippen molar-refractivity contribution in [3.05, 3.63) is 47.5 Å². The molecule has 1 aromatic heterocycles. The fraction of sp³-hybridized carbons (Fsp3) is 0.211. The number of halogens is 1. The molecule has 4 rings (SSSR count). The molecule has 144 valence electrons. The minimum absolute atomic E-state index is 0.0722. The van der Waals surface area contributed by atoms with Gasteiger partial charge in [0.2, 0.25) is 18.6 Å². The zero-order valence-electron chi connectivity index (χ0n) is 14.7. The summed E-state index contributed by atoms with van der Waals surface area (Å²) in [6, 6.07) is 13.0. The van der Waals surface area contributed by atoms with Gasteiger partial charge in [-0.1, -0.05) is 16.7 Å². The molecule has 2 aromatic carbocycles. The fourth-order valence-corrected chi connectivity index (χ4v) is 3.53. The van der Waals surface area contributed by atoms with Crippen molar-refractivity contribution in [2.24, 2.45) is 0 Å². The minimum Gasteiger partial charge on any atom is -0.454 e. The van der Waals surface area contributed by atoms with E-state index in [9.17, 15) is 4.79 Å². The van der Waals surface area contributed by atoms with Crippen LogP contribution in [-0.2, 0) is 4.79 Å². The molecule has 0 atom stereocenters. The van der Waals surface area contributed by atoms with Crippen LogP contribution in [0.4, 0.5) is 6.01 Å². The first kappa shape index (κ1) is 18.6. The Balaban J connectivity index is 1.25. The van der Waals surface area contributed by atoms with Crippen LogP contribution in [0.2, 0.25) is 5.02 Å². The molecule has 0 saturated carbocycles. The number of ether oxygens (including phenoxy) is 2. The third-order valence-corrected chi connectivity index (χ3v) is 5.27. The number of aromatic nitrogens is 2. The van der Waals surface area contributed by atoms with Gasteiger partial charge in [-0.2, -0.15) is 0 Å². The molecule has 3 aromatic rings. The number of rotatable bonds is 7. The van der Waals surface area contributed by atoms with Crippen molar-refractivity contribution in [1.82, 2.24) is 10.2 Å².